The number of benzene rings is 2. The molecule has 0 radical (unpaired) electrons. The predicted octanol–water partition coefficient (Wildman–Crippen LogP) is 4.19. The Hall–Kier alpha value is -2.98. The highest BCUT2D eigenvalue weighted by molar-refractivity contribution is 7.99. The van der Waals surface area contributed by atoms with Gasteiger partial charge < -0.3 is 13.9 Å². The molecule has 0 aliphatic rings. The first-order valence-electron chi connectivity index (χ1n) is 8.46. The van der Waals surface area contributed by atoms with E-state index in [0.29, 0.717) is 29.9 Å². The van der Waals surface area contributed by atoms with Gasteiger partial charge in [-0.3, -0.25) is 0 Å². The Morgan fingerprint density at radius 3 is 2.70 bits per heavy atom. The van der Waals surface area contributed by atoms with E-state index in [-0.39, 0.29) is 6.61 Å². The van der Waals surface area contributed by atoms with Crippen molar-refractivity contribution in [2.24, 2.45) is 0 Å². The number of hydrogen-bond donors (Lipinski definition) is 0. The highest BCUT2D eigenvalue weighted by Crippen LogP contribution is 2.19. The van der Waals surface area contributed by atoms with Crippen LogP contribution in [0, 0.1) is 18.3 Å². The zero-order valence-corrected chi connectivity index (χ0v) is 15.7. The monoisotopic (exact) mass is 381 g/mol. The number of nitrogens with zero attached hydrogens (tertiary/aromatic N) is 3. The van der Waals surface area contributed by atoms with Gasteiger partial charge in [-0.1, -0.05) is 36.0 Å². The molecule has 2 aromatic carbocycles. The Labute approximate surface area is 162 Å². The molecular weight excluding hydrogens is 362 g/mol. The Morgan fingerprint density at radius 1 is 1.07 bits per heavy atom. The van der Waals surface area contributed by atoms with Crippen LogP contribution in [0.5, 0.6) is 11.5 Å². The van der Waals surface area contributed by atoms with Crippen LogP contribution in [-0.2, 0) is 13.0 Å². The lowest BCUT2D eigenvalue weighted by molar-refractivity contribution is 0.252. The molecule has 0 aliphatic carbocycles. The van der Waals surface area contributed by atoms with Gasteiger partial charge in [0.1, 0.15) is 11.5 Å². The summed E-state index contributed by atoms with van der Waals surface area (Å²) >= 11 is 1.43. The third-order valence-electron chi connectivity index (χ3n) is 3.58. The maximum absolute atomic E-state index is 8.66. The van der Waals surface area contributed by atoms with Crippen LogP contribution in [0.1, 0.15) is 17.0 Å². The second kappa shape index (κ2) is 9.64. The van der Waals surface area contributed by atoms with Gasteiger partial charge in [-0.25, -0.2) is 0 Å². The summed E-state index contributed by atoms with van der Waals surface area (Å²) in [5.74, 6) is 2.67. The van der Waals surface area contributed by atoms with E-state index in [4.69, 9.17) is 19.2 Å². The fourth-order valence-corrected chi connectivity index (χ4v) is 2.88. The summed E-state index contributed by atoms with van der Waals surface area (Å²) in [4.78, 5) is 0. The minimum Gasteiger partial charge on any atom is -0.493 e. The third kappa shape index (κ3) is 6.04. The molecule has 1 aromatic heterocycles. The number of rotatable bonds is 9. The van der Waals surface area contributed by atoms with Gasteiger partial charge in [-0.15, -0.1) is 10.2 Å². The van der Waals surface area contributed by atoms with Crippen LogP contribution in [0.15, 0.2) is 58.2 Å². The van der Waals surface area contributed by atoms with E-state index >= 15 is 0 Å². The number of thioether (sulfide) groups is 1. The molecule has 3 aromatic rings. The van der Waals surface area contributed by atoms with Crippen LogP contribution in [0.3, 0.4) is 0 Å². The smallest absolute Gasteiger partial charge is 0.276 e. The molecular formula is C20H19N3O3S. The zero-order valence-electron chi connectivity index (χ0n) is 14.9. The van der Waals surface area contributed by atoms with Gasteiger partial charge in [0.05, 0.1) is 19.1 Å². The molecule has 0 amide bonds. The summed E-state index contributed by atoms with van der Waals surface area (Å²) in [7, 11) is 0. The van der Waals surface area contributed by atoms with Gasteiger partial charge in [-0.2, -0.15) is 5.26 Å². The second-order valence-corrected chi connectivity index (χ2v) is 6.79. The van der Waals surface area contributed by atoms with Gasteiger partial charge >= 0.3 is 0 Å². The Morgan fingerprint density at radius 2 is 1.93 bits per heavy atom. The van der Waals surface area contributed by atoms with Crippen LogP contribution in [0.2, 0.25) is 0 Å². The molecule has 138 valence electrons. The van der Waals surface area contributed by atoms with Crippen LogP contribution in [-0.4, -0.2) is 22.6 Å². The number of ether oxygens (including phenoxy) is 2. The van der Waals surface area contributed by atoms with Crippen molar-refractivity contribution in [3.8, 4) is 17.6 Å². The molecule has 3 rings (SSSR count). The van der Waals surface area contributed by atoms with Crippen molar-refractivity contribution in [1.82, 2.24) is 10.2 Å². The number of aromatic nitrogens is 2. The quantitative estimate of drug-likeness (QED) is 0.406. The normalized spacial score (nSPS) is 10.4. The largest absolute Gasteiger partial charge is 0.493 e. The van der Waals surface area contributed by atoms with Crippen LogP contribution < -0.4 is 9.47 Å². The lowest BCUT2D eigenvalue weighted by Crippen LogP contribution is -2.00. The maximum atomic E-state index is 8.66. The molecule has 27 heavy (non-hydrogen) atoms. The second-order valence-electron chi connectivity index (χ2n) is 5.74. The SMILES string of the molecule is Cc1cccc(OCc2nnc(SCCOc3ccc(CC#N)cc3)o2)c1. The maximum Gasteiger partial charge on any atom is 0.276 e. The number of nitriles is 1. The summed E-state index contributed by atoms with van der Waals surface area (Å²) in [5.41, 5.74) is 2.11. The first-order chi connectivity index (χ1) is 13.2. The van der Waals surface area contributed by atoms with E-state index in [1.807, 2.05) is 55.5 Å². The Kier molecular flexibility index (Phi) is 6.72. The lowest BCUT2D eigenvalue weighted by Gasteiger charge is -2.05. The zero-order chi connectivity index (χ0) is 18.9. The Bertz CT molecular complexity index is 903. The summed E-state index contributed by atoms with van der Waals surface area (Å²) in [5, 5.41) is 17.1. The summed E-state index contributed by atoms with van der Waals surface area (Å²) < 4.78 is 16.9. The summed E-state index contributed by atoms with van der Waals surface area (Å²) in [6.45, 7) is 2.76. The number of aryl methyl sites for hydroxylation is 1. The highest BCUT2D eigenvalue weighted by atomic mass is 32.2. The van der Waals surface area contributed by atoms with Crippen molar-refractivity contribution in [3.05, 3.63) is 65.5 Å². The van der Waals surface area contributed by atoms with Crippen LogP contribution >= 0.6 is 11.8 Å². The third-order valence-corrected chi connectivity index (χ3v) is 4.37. The van der Waals surface area contributed by atoms with Crippen molar-refractivity contribution < 1.29 is 13.9 Å². The van der Waals surface area contributed by atoms with E-state index < -0.39 is 0 Å². The van der Waals surface area contributed by atoms with Gasteiger partial charge in [-0.05, 0) is 42.3 Å². The van der Waals surface area contributed by atoms with Gasteiger partial charge in [0, 0.05) is 5.75 Å². The lowest BCUT2D eigenvalue weighted by atomic mass is 10.2. The van der Waals surface area contributed by atoms with Crippen LogP contribution in [0.25, 0.3) is 0 Å². The summed E-state index contributed by atoms with van der Waals surface area (Å²) in [6.07, 6.45) is 0.406. The highest BCUT2D eigenvalue weighted by Gasteiger charge is 2.08. The average Bonchev–Trinajstić information content (AvgIpc) is 3.13. The molecule has 7 heteroatoms. The first kappa shape index (κ1) is 18.8. The molecule has 0 saturated carbocycles. The van der Waals surface area contributed by atoms with Crippen molar-refractivity contribution in [3.63, 3.8) is 0 Å². The van der Waals surface area contributed by atoms with Gasteiger partial charge in [0.15, 0.2) is 6.61 Å². The molecule has 0 atom stereocenters. The summed E-state index contributed by atoms with van der Waals surface area (Å²) in [6, 6.07) is 17.4. The van der Waals surface area contributed by atoms with Gasteiger partial charge in [0.25, 0.3) is 11.1 Å². The number of hydrogen-bond acceptors (Lipinski definition) is 7. The molecule has 0 aliphatic heterocycles. The van der Waals surface area contributed by atoms with Crippen molar-refractivity contribution in [2.75, 3.05) is 12.4 Å². The molecule has 0 bridgehead atoms. The molecule has 0 fully saturated rings. The standard InChI is InChI=1S/C20H19N3O3S/c1-15-3-2-4-18(13-15)25-14-19-22-23-20(26-19)27-12-11-24-17-7-5-16(6-8-17)9-10-21/h2-8,13H,9,11-12,14H2,1H3. The van der Waals surface area contributed by atoms with E-state index in [9.17, 15) is 0 Å². The molecule has 1 heterocycles. The first-order valence-corrected chi connectivity index (χ1v) is 9.45. The molecule has 0 saturated heterocycles. The molecule has 0 spiro atoms. The molecule has 6 nitrogen and oxygen atoms in total. The fraction of sp³-hybridized carbons (Fsp3) is 0.250. The van der Waals surface area contributed by atoms with Crippen molar-refractivity contribution in [1.29, 1.82) is 5.26 Å². The minimum absolute atomic E-state index is 0.239. The minimum atomic E-state index is 0.239. The van der Waals surface area contributed by atoms with E-state index in [0.717, 1.165) is 22.6 Å². The molecule has 0 N–H and O–H groups in total. The van der Waals surface area contributed by atoms with Gasteiger partial charge in [0.2, 0.25) is 0 Å². The average molecular weight is 381 g/mol. The van der Waals surface area contributed by atoms with E-state index in [2.05, 4.69) is 16.3 Å². The predicted molar refractivity (Wildman–Crippen MR) is 102 cm³/mol. The topological polar surface area (TPSA) is 81.2 Å². The van der Waals surface area contributed by atoms with E-state index in [1.54, 1.807) is 0 Å². The van der Waals surface area contributed by atoms with Crippen molar-refractivity contribution in [2.45, 2.75) is 25.2 Å². The fourth-order valence-electron chi connectivity index (χ4n) is 2.29. The Balaban J connectivity index is 1.38. The van der Waals surface area contributed by atoms with E-state index in [1.165, 1.54) is 11.8 Å². The van der Waals surface area contributed by atoms with Crippen molar-refractivity contribution >= 4 is 11.8 Å². The molecule has 0 unspecified atom stereocenters. The van der Waals surface area contributed by atoms with Crippen LogP contribution in [0.4, 0.5) is 0 Å².